The van der Waals surface area contributed by atoms with E-state index in [0.717, 1.165) is 28.0 Å². The molecule has 0 atom stereocenters. The van der Waals surface area contributed by atoms with Crippen molar-refractivity contribution in [3.63, 3.8) is 0 Å². The third-order valence-corrected chi connectivity index (χ3v) is 5.74. The lowest BCUT2D eigenvalue weighted by Crippen LogP contribution is -2.43. The number of thioether (sulfide) groups is 1. The minimum atomic E-state index is -0.495. The molecule has 4 rings (SSSR count). The first-order valence-corrected chi connectivity index (χ1v) is 9.73. The zero-order valence-corrected chi connectivity index (χ0v) is 16.5. The molecule has 2 aromatic rings. The Morgan fingerprint density at radius 2 is 1.71 bits per heavy atom. The second kappa shape index (κ2) is 7.21. The Morgan fingerprint density at radius 3 is 2.43 bits per heavy atom. The monoisotopic (exact) mass is 409 g/mol. The Hall–Kier alpha value is -2.97. The lowest BCUT2D eigenvalue weighted by atomic mass is 10.1. The van der Waals surface area contributed by atoms with E-state index in [9.17, 15) is 14.4 Å². The average molecular weight is 409 g/mol. The molecular formula is C20H15N3O3S2. The van der Waals surface area contributed by atoms with Crippen molar-refractivity contribution in [2.45, 2.75) is 13.5 Å². The summed E-state index contributed by atoms with van der Waals surface area (Å²) in [4.78, 5) is 39.4. The van der Waals surface area contributed by atoms with Crippen LogP contribution in [0.5, 0.6) is 0 Å². The molecule has 0 unspecified atom stereocenters. The van der Waals surface area contributed by atoms with Crippen molar-refractivity contribution in [1.82, 2.24) is 10.4 Å². The highest BCUT2D eigenvalue weighted by Gasteiger charge is 2.42. The third kappa shape index (κ3) is 3.10. The highest BCUT2D eigenvalue weighted by Crippen LogP contribution is 2.44. The number of para-hydroxylation sites is 1. The van der Waals surface area contributed by atoms with Gasteiger partial charge in [0.25, 0.3) is 11.8 Å². The third-order valence-electron chi connectivity index (χ3n) is 4.37. The van der Waals surface area contributed by atoms with Gasteiger partial charge in [0.15, 0.2) is 4.32 Å². The van der Waals surface area contributed by atoms with Gasteiger partial charge in [-0.1, -0.05) is 60.3 Å². The van der Waals surface area contributed by atoms with Gasteiger partial charge in [-0.2, -0.15) is 5.01 Å². The standard InChI is InChI=1S/C20H15N3O3S2/c1-12(24)21-23-19(26)17(28-20(23)27)16-14-9-5-6-10-15(14)22(18(16)25)11-13-7-3-2-4-8-13/h2-10H,11H2,1H3,(H,21,24). The van der Waals surface area contributed by atoms with Crippen LogP contribution >= 0.6 is 24.0 Å². The van der Waals surface area contributed by atoms with Crippen LogP contribution in [-0.2, 0) is 20.9 Å². The van der Waals surface area contributed by atoms with E-state index in [1.165, 1.54) is 6.92 Å². The molecule has 1 saturated heterocycles. The van der Waals surface area contributed by atoms with Gasteiger partial charge in [0.1, 0.15) is 0 Å². The number of hydrogen-bond donors (Lipinski definition) is 1. The van der Waals surface area contributed by atoms with E-state index in [2.05, 4.69) is 5.43 Å². The molecule has 0 aliphatic carbocycles. The van der Waals surface area contributed by atoms with Crippen LogP contribution in [0.25, 0.3) is 5.57 Å². The fourth-order valence-corrected chi connectivity index (χ4v) is 4.45. The molecule has 1 fully saturated rings. The van der Waals surface area contributed by atoms with Crippen LogP contribution in [0.3, 0.4) is 0 Å². The van der Waals surface area contributed by atoms with Crippen LogP contribution in [0, 0.1) is 0 Å². The minimum Gasteiger partial charge on any atom is -0.303 e. The van der Waals surface area contributed by atoms with Gasteiger partial charge in [0.2, 0.25) is 5.91 Å². The van der Waals surface area contributed by atoms with E-state index in [4.69, 9.17) is 12.2 Å². The van der Waals surface area contributed by atoms with Crippen molar-refractivity contribution in [2.75, 3.05) is 4.90 Å². The maximum Gasteiger partial charge on any atom is 0.286 e. The predicted molar refractivity (Wildman–Crippen MR) is 112 cm³/mol. The van der Waals surface area contributed by atoms with Gasteiger partial charge in [0, 0.05) is 12.5 Å². The molecule has 2 aliphatic rings. The van der Waals surface area contributed by atoms with Crippen LogP contribution in [-0.4, -0.2) is 27.1 Å². The molecular weight excluding hydrogens is 394 g/mol. The zero-order chi connectivity index (χ0) is 19.8. The number of carbonyl (C=O) groups excluding carboxylic acids is 3. The van der Waals surface area contributed by atoms with Crippen LogP contribution in [0.15, 0.2) is 59.5 Å². The maximum absolute atomic E-state index is 13.3. The van der Waals surface area contributed by atoms with Crippen LogP contribution in [0.4, 0.5) is 5.69 Å². The molecule has 1 N–H and O–H groups in total. The molecule has 0 saturated carbocycles. The van der Waals surface area contributed by atoms with Crippen LogP contribution in [0.1, 0.15) is 18.1 Å². The Balaban J connectivity index is 1.77. The number of benzene rings is 2. The smallest absolute Gasteiger partial charge is 0.286 e. The van der Waals surface area contributed by atoms with Crippen molar-refractivity contribution in [3.05, 3.63) is 70.6 Å². The molecule has 0 radical (unpaired) electrons. The second-order valence-electron chi connectivity index (χ2n) is 6.27. The molecule has 2 aliphatic heterocycles. The Kier molecular flexibility index (Phi) is 4.74. The molecule has 6 nitrogen and oxygen atoms in total. The van der Waals surface area contributed by atoms with E-state index in [1.807, 2.05) is 54.6 Å². The van der Waals surface area contributed by atoms with Gasteiger partial charge in [-0.25, -0.2) is 0 Å². The second-order valence-corrected chi connectivity index (χ2v) is 7.92. The van der Waals surface area contributed by atoms with Crippen LogP contribution < -0.4 is 10.3 Å². The molecule has 2 heterocycles. The SMILES string of the molecule is CC(=O)NN1C(=O)C(=C2C(=O)N(Cc3ccccc3)c3ccccc32)SC1=S. The average Bonchev–Trinajstić information content (AvgIpc) is 3.10. The first-order valence-electron chi connectivity index (χ1n) is 8.50. The quantitative estimate of drug-likeness (QED) is 0.624. The van der Waals surface area contributed by atoms with Gasteiger partial charge < -0.3 is 4.90 Å². The van der Waals surface area contributed by atoms with Crippen molar-refractivity contribution < 1.29 is 14.4 Å². The Morgan fingerprint density at radius 1 is 1.04 bits per heavy atom. The van der Waals surface area contributed by atoms with Crippen molar-refractivity contribution in [1.29, 1.82) is 0 Å². The number of fused-ring (bicyclic) bond motifs is 1. The highest BCUT2D eigenvalue weighted by atomic mass is 32.2. The molecule has 2 aromatic carbocycles. The topological polar surface area (TPSA) is 69.7 Å². The first-order chi connectivity index (χ1) is 13.5. The molecule has 28 heavy (non-hydrogen) atoms. The lowest BCUT2D eigenvalue weighted by molar-refractivity contribution is -0.132. The molecule has 0 bridgehead atoms. The van der Waals surface area contributed by atoms with E-state index >= 15 is 0 Å². The Labute approximate surface area is 171 Å². The fraction of sp³-hybridized carbons (Fsp3) is 0.100. The number of thiocarbonyl (C=S) groups is 1. The van der Waals surface area contributed by atoms with E-state index in [-0.39, 0.29) is 15.1 Å². The Bertz CT molecular complexity index is 1050. The number of amides is 3. The van der Waals surface area contributed by atoms with Crippen LogP contribution in [0.2, 0.25) is 0 Å². The fourth-order valence-electron chi connectivity index (χ4n) is 3.20. The van der Waals surface area contributed by atoms with Gasteiger partial charge in [0.05, 0.1) is 22.7 Å². The van der Waals surface area contributed by atoms with E-state index in [1.54, 1.807) is 4.90 Å². The number of hydrazine groups is 1. The van der Waals surface area contributed by atoms with Gasteiger partial charge in [-0.15, -0.1) is 0 Å². The van der Waals surface area contributed by atoms with E-state index in [0.29, 0.717) is 17.7 Å². The number of hydrogen-bond acceptors (Lipinski definition) is 5. The lowest BCUT2D eigenvalue weighted by Gasteiger charge is -2.17. The maximum atomic E-state index is 13.3. The summed E-state index contributed by atoms with van der Waals surface area (Å²) in [7, 11) is 0. The normalized spacial score (nSPS) is 18.7. The first kappa shape index (κ1) is 18.4. The highest BCUT2D eigenvalue weighted by molar-refractivity contribution is 8.26. The zero-order valence-electron chi connectivity index (χ0n) is 14.8. The largest absolute Gasteiger partial charge is 0.303 e. The minimum absolute atomic E-state index is 0.189. The number of nitrogens with zero attached hydrogens (tertiary/aromatic N) is 2. The van der Waals surface area contributed by atoms with E-state index < -0.39 is 11.8 Å². The summed E-state index contributed by atoms with van der Waals surface area (Å²) in [6, 6.07) is 17.0. The molecule has 0 aromatic heterocycles. The van der Waals surface area contributed by atoms with Gasteiger partial charge >= 0.3 is 0 Å². The molecule has 0 spiro atoms. The van der Waals surface area contributed by atoms with Crippen molar-refractivity contribution in [3.8, 4) is 0 Å². The number of anilines is 1. The van der Waals surface area contributed by atoms with Crippen molar-refractivity contribution in [2.24, 2.45) is 0 Å². The summed E-state index contributed by atoms with van der Waals surface area (Å²) < 4.78 is 0.189. The molecule has 3 amide bonds. The molecule has 140 valence electrons. The number of nitrogens with one attached hydrogen (secondary N) is 1. The number of carbonyl (C=O) groups is 3. The summed E-state index contributed by atoms with van der Waals surface area (Å²) in [5, 5.41) is 1.01. The van der Waals surface area contributed by atoms with Crippen molar-refractivity contribution >= 4 is 57.3 Å². The number of rotatable bonds is 3. The summed E-state index contributed by atoms with van der Waals surface area (Å²) in [5.41, 5.74) is 5.14. The summed E-state index contributed by atoms with van der Waals surface area (Å²) in [6.45, 7) is 1.69. The predicted octanol–water partition coefficient (Wildman–Crippen LogP) is 2.86. The molecule has 8 heteroatoms. The summed E-state index contributed by atoms with van der Waals surface area (Å²) >= 11 is 6.24. The summed E-state index contributed by atoms with van der Waals surface area (Å²) in [5.74, 6) is -1.16. The summed E-state index contributed by atoms with van der Waals surface area (Å²) in [6.07, 6.45) is 0. The van der Waals surface area contributed by atoms with Gasteiger partial charge in [-0.3, -0.25) is 19.8 Å². The van der Waals surface area contributed by atoms with Gasteiger partial charge in [-0.05, 0) is 23.8 Å².